The van der Waals surface area contributed by atoms with E-state index >= 15 is 0 Å². The van der Waals surface area contributed by atoms with Crippen LogP contribution in [0.4, 0.5) is 28.0 Å². The van der Waals surface area contributed by atoms with Gasteiger partial charge in [0.15, 0.2) is 0 Å². The molecule has 1 heterocycles. The number of aliphatic hydroxyl groups is 1. The molecule has 1 unspecified atom stereocenters. The molecule has 0 aliphatic carbocycles. The molecule has 2 N–H and O–H groups in total. The van der Waals surface area contributed by atoms with E-state index in [9.17, 15) is 27.5 Å². The fraction of sp³-hybridized carbons (Fsp3) is 0.500. The number of alkyl halides is 3. The zero-order valence-electron chi connectivity index (χ0n) is 11.7. The third-order valence-electron chi connectivity index (χ3n) is 3.62. The zero-order chi connectivity index (χ0) is 16.3. The molecule has 0 saturated carbocycles. The summed E-state index contributed by atoms with van der Waals surface area (Å²) in [5.74, 6) is -1.44. The third kappa shape index (κ3) is 3.68. The molecule has 2 rings (SSSR count). The minimum absolute atomic E-state index is 0.0576. The molecule has 1 aromatic rings. The Labute approximate surface area is 124 Å². The van der Waals surface area contributed by atoms with Crippen LogP contribution in [0.15, 0.2) is 18.2 Å². The fourth-order valence-corrected chi connectivity index (χ4v) is 2.48. The first-order valence-corrected chi connectivity index (χ1v) is 6.88. The second kappa shape index (κ2) is 6.51. The Bertz CT molecular complexity index is 548. The van der Waals surface area contributed by atoms with E-state index in [1.165, 1.54) is 4.90 Å². The minimum Gasteiger partial charge on any atom is -0.394 e. The SMILES string of the molecule is O=C(Nc1ccc(C(F)(F)F)c(F)c1)N1CCCCC1CO. The van der Waals surface area contributed by atoms with Crippen LogP contribution in [0.25, 0.3) is 0 Å². The van der Waals surface area contributed by atoms with Crippen molar-refractivity contribution >= 4 is 11.7 Å². The molecule has 1 aliphatic rings. The number of urea groups is 1. The number of nitrogens with zero attached hydrogens (tertiary/aromatic N) is 1. The van der Waals surface area contributed by atoms with Crippen LogP contribution in [0.1, 0.15) is 24.8 Å². The van der Waals surface area contributed by atoms with E-state index in [2.05, 4.69) is 5.32 Å². The topological polar surface area (TPSA) is 52.6 Å². The van der Waals surface area contributed by atoms with Gasteiger partial charge in [0, 0.05) is 12.2 Å². The maximum atomic E-state index is 13.5. The number of likely N-dealkylation sites (tertiary alicyclic amines) is 1. The third-order valence-corrected chi connectivity index (χ3v) is 3.62. The summed E-state index contributed by atoms with van der Waals surface area (Å²) in [5.41, 5.74) is -1.44. The molecule has 2 amide bonds. The Hall–Kier alpha value is -1.83. The van der Waals surface area contributed by atoms with E-state index < -0.39 is 23.6 Å². The average Bonchev–Trinajstić information content (AvgIpc) is 2.45. The quantitative estimate of drug-likeness (QED) is 0.822. The van der Waals surface area contributed by atoms with Gasteiger partial charge in [-0.1, -0.05) is 0 Å². The highest BCUT2D eigenvalue weighted by atomic mass is 19.4. The van der Waals surface area contributed by atoms with Crippen molar-refractivity contribution in [1.29, 1.82) is 0 Å². The van der Waals surface area contributed by atoms with Gasteiger partial charge in [0.1, 0.15) is 5.82 Å². The number of piperidine rings is 1. The number of halogens is 4. The summed E-state index contributed by atoms with van der Waals surface area (Å²) in [4.78, 5) is 13.5. The molecule has 122 valence electrons. The van der Waals surface area contributed by atoms with Gasteiger partial charge >= 0.3 is 12.2 Å². The van der Waals surface area contributed by atoms with Crippen LogP contribution in [-0.4, -0.2) is 35.2 Å². The molecule has 0 radical (unpaired) electrons. The van der Waals surface area contributed by atoms with Crippen molar-refractivity contribution in [2.45, 2.75) is 31.5 Å². The number of nitrogens with one attached hydrogen (secondary N) is 1. The Balaban J connectivity index is 2.10. The smallest absolute Gasteiger partial charge is 0.394 e. The molecule has 22 heavy (non-hydrogen) atoms. The number of hydrogen-bond acceptors (Lipinski definition) is 2. The van der Waals surface area contributed by atoms with Crippen molar-refractivity contribution in [1.82, 2.24) is 4.90 Å². The van der Waals surface area contributed by atoms with Gasteiger partial charge in [-0.2, -0.15) is 13.2 Å². The largest absolute Gasteiger partial charge is 0.419 e. The molecule has 8 heteroatoms. The first-order chi connectivity index (χ1) is 10.3. The van der Waals surface area contributed by atoms with E-state index in [4.69, 9.17) is 0 Å². The van der Waals surface area contributed by atoms with E-state index in [-0.39, 0.29) is 18.3 Å². The van der Waals surface area contributed by atoms with Crippen molar-refractivity contribution in [3.63, 3.8) is 0 Å². The number of carbonyl (C=O) groups excluding carboxylic acids is 1. The van der Waals surface area contributed by atoms with Crippen LogP contribution in [0.2, 0.25) is 0 Å². The number of amides is 2. The molecule has 0 spiro atoms. The van der Waals surface area contributed by atoms with Crippen molar-refractivity contribution < 1.29 is 27.5 Å². The lowest BCUT2D eigenvalue weighted by Gasteiger charge is -2.34. The fourth-order valence-electron chi connectivity index (χ4n) is 2.48. The van der Waals surface area contributed by atoms with Crippen molar-refractivity contribution in [3.05, 3.63) is 29.6 Å². The van der Waals surface area contributed by atoms with E-state index in [0.717, 1.165) is 18.9 Å². The summed E-state index contributed by atoms with van der Waals surface area (Å²) in [6.45, 7) is 0.259. The van der Waals surface area contributed by atoms with Gasteiger partial charge in [0.05, 0.1) is 18.2 Å². The second-order valence-electron chi connectivity index (χ2n) is 5.15. The summed E-state index contributed by atoms with van der Waals surface area (Å²) in [7, 11) is 0. The van der Waals surface area contributed by atoms with Gasteiger partial charge in [0.25, 0.3) is 0 Å². The number of carbonyl (C=O) groups is 1. The monoisotopic (exact) mass is 320 g/mol. The predicted molar refractivity (Wildman–Crippen MR) is 71.9 cm³/mol. The molecule has 0 aromatic heterocycles. The standard InChI is InChI=1S/C14H16F4N2O2/c15-12-7-9(4-5-11(12)14(16,17)18)19-13(22)20-6-2-1-3-10(20)8-21/h4-5,7,10,21H,1-3,6,8H2,(H,19,22). The maximum Gasteiger partial charge on any atom is 0.419 e. The molecular formula is C14H16F4N2O2. The van der Waals surface area contributed by atoms with Crippen LogP contribution in [0.5, 0.6) is 0 Å². The summed E-state index contributed by atoms with van der Waals surface area (Å²) in [5, 5.41) is 11.6. The van der Waals surface area contributed by atoms with E-state index in [1.54, 1.807) is 0 Å². The van der Waals surface area contributed by atoms with E-state index in [0.29, 0.717) is 25.1 Å². The number of hydrogen-bond donors (Lipinski definition) is 2. The Kier molecular flexibility index (Phi) is 4.90. The van der Waals surface area contributed by atoms with Gasteiger partial charge in [-0.15, -0.1) is 0 Å². The molecular weight excluding hydrogens is 304 g/mol. The first-order valence-electron chi connectivity index (χ1n) is 6.88. The molecule has 1 fully saturated rings. The number of aliphatic hydroxyl groups excluding tert-OH is 1. The molecule has 1 aliphatic heterocycles. The van der Waals surface area contributed by atoms with Gasteiger partial charge in [-0.05, 0) is 37.5 Å². The highest BCUT2D eigenvalue weighted by Gasteiger charge is 2.34. The Morgan fingerprint density at radius 3 is 2.68 bits per heavy atom. The Morgan fingerprint density at radius 1 is 1.36 bits per heavy atom. The Morgan fingerprint density at radius 2 is 2.09 bits per heavy atom. The van der Waals surface area contributed by atoms with Crippen LogP contribution < -0.4 is 5.32 Å². The van der Waals surface area contributed by atoms with Gasteiger partial charge in [-0.25, -0.2) is 9.18 Å². The molecule has 1 saturated heterocycles. The van der Waals surface area contributed by atoms with E-state index in [1.807, 2.05) is 0 Å². The van der Waals surface area contributed by atoms with Crippen molar-refractivity contribution in [2.24, 2.45) is 0 Å². The number of benzene rings is 1. The minimum atomic E-state index is -4.78. The predicted octanol–water partition coefficient (Wildman–Crippen LogP) is 3.22. The lowest BCUT2D eigenvalue weighted by Crippen LogP contribution is -2.47. The van der Waals surface area contributed by atoms with Gasteiger partial charge < -0.3 is 15.3 Å². The second-order valence-corrected chi connectivity index (χ2v) is 5.15. The highest BCUT2D eigenvalue weighted by Crippen LogP contribution is 2.32. The number of rotatable bonds is 2. The summed E-state index contributed by atoms with van der Waals surface area (Å²) in [6.07, 6.45) is -2.44. The molecule has 4 nitrogen and oxygen atoms in total. The lowest BCUT2D eigenvalue weighted by atomic mass is 10.0. The lowest BCUT2D eigenvalue weighted by molar-refractivity contribution is -0.139. The average molecular weight is 320 g/mol. The molecule has 1 aromatic carbocycles. The molecule has 0 bridgehead atoms. The summed E-state index contributed by atoms with van der Waals surface area (Å²) in [6, 6.07) is 1.34. The summed E-state index contributed by atoms with van der Waals surface area (Å²) < 4.78 is 50.9. The van der Waals surface area contributed by atoms with Crippen LogP contribution in [0, 0.1) is 5.82 Å². The normalized spacial score (nSPS) is 19.1. The zero-order valence-corrected chi connectivity index (χ0v) is 11.7. The van der Waals surface area contributed by atoms with Gasteiger partial charge in [-0.3, -0.25) is 0 Å². The first kappa shape index (κ1) is 16.5. The van der Waals surface area contributed by atoms with Crippen LogP contribution in [0.3, 0.4) is 0 Å². The molecule has 1 atom stereocenters. The summed E-state index contributed by atoms with van der Waals surface area (Å²) >= 11 is 0. The number of anilines is 1. The van der Waals surface area contributed by atoms with Crippen LogP contribution >= 0.6 is 0 Å². The van der Waals surface area contributed by atoms with Crippen LogP contribution in [-0.2, 0) is 6.18 Å². The van der Waals surface area contributed by atoms with Gasteiger partial charge in [0.2, 0.25) is 0 Å². The maximum absolute atomic E-state index is 13.5. The highest BCUT2D eigenvalue weighted by molar-refractivity contribution is 5.89. The van der Waals surface area contributed by atoms with Crippen molar-refractivity contribution in [3.8, 4) is 0 Å². The van der Waals surface area contributed by atoms with Crippen molar-refractivity contribution in [2.75, 3.05) is 18.5 Å².